The van der Waals surface area contributed by atoms with E-state index >= 15 is 0 Å². The van der Waals surface area contributed by atoms with Crippen molar-refractivity contribution >= 4 is 50.6 Å². The molecular weight excluding hydrogens is 386 g/mol. The van der Waals surface area contributed by atoms with Crippen LogP contribution in [0.4, 0.5) is 5.69 Å². The molecule has 0 saturated heterocycles. The topological polar surface area (TPSA) is 55.8 Å². The summed E-state index contributed by atoms with van der Waals surface area (Å²) in [4.78, 5) is 26.7. The van der Waals surface area contributed by atoms with Gasteiger partial charge in [0.1, 0.15) is 12.4 Å². The van der Waals surface area contributed by atoms with E-state index in [9.17, 15) is 9.59 Å². The molecule has 0 aliphatic carbocycles. The quantitative estimate of drug-likeness (QED) is 0.594. The minimum atomic E-state index is -0.375. The van der Waals surface area contributed by atoms with Gasteiger partial charge in [-0.1, -0.05) is 41.9 Å². The van der Waals surface area contributed by atoms with Crippen molar-refractivity contribution in [2.45, 2.75) is 13.0 Å². The maximum atomic E-state index is 12.2. The van der Waals surface area contributed by atoms with Gasteiger partial charge in [0.25, 0.3) is 5.91 Å². The Labute approximate surface area is 165 Å². The third-order valence-corrected chi connectivity index (χ3v) is 6.00. The van der Waals surface area contributed by atoms with Crippen LogP contribution in [0, 0.1) is 0 Å². The van der Waals surface area contributed by atoms with Gasteiger partial charge in [0.2, 0.25) is 0 Å². The van der Waals surface area contributed by atoms with Gasteiger partial charge in [-0.15, -0.1) is 11.3 Å². The molecule has 138 valence electrons. The SMILES string of the molecule is O=C(CCN1C(=O)COc2ccccc21)OCc1sc2ccccc2c1Cl. The van der Waals surface area contributed by atoms with Gasteiger partial charge in [0, 0.05) is 16.6 Å². The number of halogens is 1. The van der Waals surface area contributed by atoms with E-state index in [1.807, 2.05) is 36.4 Å². The average Bonchev–Trinajstić information content (AvgIpc) is 3.01. The summed E-state index contributed by atoms with van der Waals surface area (Å²) in [5.74, 6) is 0.0943. The number of anilines is 1. The van der Waals surface area contributed by atoms with Gasteiger partial charge >= 0.3 is 5.97 Å². The molecule has 0 N–H and O–H groups in total. The van der Waals surface area contributed by atoms with Crippen molar-refractivity contribution in [3.05, 3.63) is 58.4 Å². The summed E-state index contributed by atoms with van der Waals surface area (Å²) in [5.41, 5.74) is 0.675. The predicted molar refractivity (Wildman–Crippen MR) is 106 cm³/mol. The van der Waals surface area contributed by atoms with E-state index in [2.05, 4.69) is 0 Å². The van der Waals surface area contributed by atoms with Crippen LogP contribution in [0.2, 0.25) is 5.02 Å². The molecule has 0 atom stereocenters. The summed E-state index contributed by atoms with van der Waals surface area (Å²) >= 11 is 7.88. The summed E-state index contributed by atoms with van der Waals surface area (Å²) in [7, 11) is 0. The molecule has 1 aliphatic heterocycles. The summed E-state index contributed by atoms with van der Waals surface area (Å²) in [6.45, 7) is 0.353. The molecule has 1 amide bonds. The van der Waals surface area contributed by atoms with E-state index < -0.39 is 0 Å². The van der Waals surface area contributed by atoms with Crippen LogP contribution in [0.5, 0.6) is 5.75 Å². The summed E-state index contributed by atoms with van der Waals surface area (Å²) in [5, 5.41) is 1.59. The number of nitrogens with zero attached hydrogens (tertiary/aromatic N) is 1. The van der Waals surface area contributed by atoms with Gasteiger partial charge in [0.15, 0.2) is 6.61 Å². The van der Waals surface area contributed by atoms with Gasteiger partial charge in [-0.05, 0) is 18.2 Å². The number of para-hydroxylation sites is 2. The molecular formula is C20H16ClNO4S. The number of rotatable bonds is 5. The van der Waals surface area contributed by atoms with Crippen molar-refractivity contribution in [1.82, 2.24) is 0 Å². The van der Waals surface area contributed by atoms with E-state index in [-0.39, 0.29) is 38.1 Å². The Morgan fingerprint density at radius 3 is 2.81 bits per heavy atom. The maximum absolute atomic E-state index is 12.2. The number of benzene rings is 2. The van der Waals surface area contributed by atoms with Crippen LogP contribution in [0.1, 0.15) is 11.3 Å². The molecule has 0 unspecified atom stereocenters. The third-order valence-electron chi connectivity index (χ3n) is 4.31. The molecule has 5 nitrogen and oxygen atoms in total. The van der Waals surface area contributed by atoms with Crippen LogP contribution in [-0.4, -0.2) is 25.0 Å². The van der Waals surface area contributed by atoms with Gasteiger partial charge in [-0.3, -0.25) is 9.59 Å². The van der Waals surface area contributed by atoms with Crippen LogP contribution in [-0.2, 0) is 20.9 Å². The van der Waals surface area contributed by atoms with E-state index in [1.165, 1.54) is 11.3 Å². The fraction of sp³-hybridized carbons (Fsp3) is 0.200. The number of thiophene rings is 1. The zero-order valence-corrected chi connectivity index (χ0v) is 15.9. The largest absolute Gasteiger partial charge is 0.482 e. The first-order valence-electron chi connectivity index (χ1n) is 8.47. The highest BCUT2D eigenvalue weighted by Gasteiger charge is 2.25. The second-order valence-corrected chi connectivity index (χ2v) is 7.56. The molecule has 3 aromatic rings. The summed E-state index contributed by atoms with van der Waals surface area (Å²) in [6.07, 6.45) is 0.0998. The van der Waals surface area contributed by atoms with Crippen molar-refractivity contribution in [2.24, 2.45) is 0 Å². The molecule has 1 aromatic heterocycles. The molecule has 0 saturated carbocycles. The number of esters is 1. The predicted octanol–water partition coefficient (Wildman–Crippen LogP) is 4.41. The van der Waals surface area contributed by atoms with Crippen molar-refractivity contribution in [1.29, 1.82) is 0 Å². The highest BCUT2D eigenvalue weighted by atomic mass is 35.5. The van der Waals surface area contributed by atoms with E-state index in [1.54, 1.807) is 17.0 Å². The molecule has 2 aromatic carbocycles. The molecule has 1 aliphatic rings. The molecule has 2 heterocycles. The number of ether oxygens (including phenoxy) is 2. The van der Waals surface area contributed by atoms with Crippen LogP contribution >= 0.6 is 22.9 Å². The minimum Gasteiger partial charge on any atom is -0.482 e. The Bertz CT molecular complexity index is 1020. The average molecular weight is 402 g/mol. The molecule has 0 fully saturated rings. The highest BCUT2D eigenvalue weighted by molar-refractivity contribution is 7.19. The summed E-state index contributed by atoms with van der Waals surface area (Å²) < 4.78 is 11.8. The molecule has 7 heteroatoms. The Hall–Kier alpha value is -2.57. The Kier molecular flexibility index (Phi) is 5.01. The van der Waals surface area contributed by atoms with Crippen LogP contribution in [0.3, 0.4) is 0 Å². The number of fused-ring (bicyclic) bond motifs is 2. The second-order valence-electron chi connectivity index (χ2n) is 6.05. The number of carbonyl (C=O) groups excluding carboxylic acids is 2. The lowest BCUT2D eigenvalue weighted by Crippen LogP contribution is -2.40. The Balaban J connectivity index is 1.37. The number of carbonyl (C=O) groups is 2. The van der Waals surface area contributed by atoms with Gasteiger partial charge in [0.05, 0.1) is 22.0 Å². The first kappa shape index (κ1) is 17.8. The number of amides is 1. The van der Waals surface area contributed by atoms with E-state index in [4.69, 9.17) is 21.1 Å². The van der Waals surface area contributed by atoms with Gasteiger partial charge < -0.3 is 14.4 Å². The van der Waals surface area contributed by atoms with Gasteiger partial charge in [-0.25, -0.2) is 0 Å². The fourth-order valence-electron chi connectivity index (χ4n) is 2.98. The van der Waals surface area contributed by atoms with Crippen LogP contribution < -0.4 is 9.64 Å². The van der Waals surface area contributed by atoms with Crippen molar-refractivity contribution in [3.8, 4) is 5.75 Å². The fourth-order valence-corrected chi connectivity index (χ4v) is 4.38. The van der Waals surface area contributed by atoms with Crippen molar-refractivity contribution in [3.63, 3.8) is 0 Å². The smallest absolute Gasteiger partial charge is 0.307 e. The van der Waals surface area contributed by atoms with E-state index in [0.717, 1.165) is 15.0 Å². The zero-order valence-electron chi connectivity index (χ0n) is 14.3. The monoisotopic (exact) mass is 401 g/mol. The minimum absolute atomic E-state index is 0.0244. The zero-order chi connectivity index (χ0) is 18.8. The van der Waals surface area contributed by atoms with Gasteiger partial charge in [-0.2, -0.15) is 0 Å². The van der Waals surface area contributed by atoms with Crippen LogP contribution in [0.25, 0.3) is 10.1 Å². The van der Waals surface area contributed by atoms with Crippen molar-refractivity contribution in [2.75, 3.05) is 18.1 Å². The molecule has 0 radical (unpaired) electrons. The molecule has 0 bridgehead atoms. The first-order valence-corrected chi connectivity index (χ1v) is 9.66. The number of hydrogen-bond donors (Lipinski definition) is 0. The normalized spacial score (nSPS) is 13.4. The lowest BCUT2D eigenvalue weighted by atomic mass is 10.2. The Morgan fingerprint density at radius 2 is 1.96 bits per heavy atom. The van der Waals surface area contributed by atoms with Crippen LogP contribution in [0.15, 0.2) is 48.5 Å². The Morgan fingerprint density at radius 1 is 1.19 bits per heavy atom. The molecule has 27 heavy (non-hydrogen) atoms. The number of hydrogen-bond acceptors (Lipinski definition) is 5. The maximum Gasteiger partial charge on any atom is 0.307 e. The van der Waals surface area contributed by atoms with Crippen molar-refractivity contribution < 1.29 is 19.1 Å². The lowest BCUT2D eigenvalue weighted by Gasteiger charge is -2.28. The highest BCUT2D eigenvalue weighted by Crippen LogP contribution is 2.35. The second kappa shape index (κ2) is 7.58. The standard InChI is InChI=1S/C20H16ClNO4S/c21-20-13-5-1-4-8-16(13)27-17(20)11-26-19(24)9-10-22-14-6-2-3-7-15(14)25-12-18(22)23/h1-8H,9-12H2. The lowest BCUT2D eigenvalue weighted by molar-refractivity contribution is -0.144. The van der Waals surface area contributed by atoms with E-state index in [0.29, 0.717) is 16.5 Å². The first-order chi connectivity index (χ1) is 13.1. The molecule has 0 spiro atoms. The summed E-state index contributed by atoms with van der Waals surface area (Å²) in [6, 6.07) is 15.1. The molecule has 4 rings (SSSR count). The third kappa shape index (κ3) is 3.63.